The highest BCUT2D eigenvalue weighted by Gasteiger charge is 2.28. The predicted octanol–water partition coefficient (Wildman–Crippen LogP) is 0.420. The summed E-state index contributed by atoms with van der Waals surface area (Å²) < 4.78 is 0. The van der Waals surface area contributed by atoms with Crippen LogP contribution in [0.5, 0.6) is 0 Å². The van der Waals surface area contributed by atoms with Gasteiger partial charge >= 0.3 is 6.03 Å². The third kappa shape index (κ3) is 5.07. The lowest BCUT2D eigenvalue weighted by Gasteiger charge is -2.42. The minimum atomic E-state index is 0.0516. The minimum Gasteiger partial charge on any atom is -0.343 e. The van der Waals surface area contributed by atoms with Crippen LogP contribution in [0.15, 0.2) is 0 Å². The standard InChI is InChI=1S/C18H33N5O2/c1-20-10-5-16(6-11-20)21-12-14-23(15-13-21)18(25)19-7-3-9-22-8-2-4-17(22)24/h16H,2-15H2,1H3,(H,19,25). The number of nitrogens with one attached hydrogen (secondary N) is 1. The summed E-state index contributed by atoms with van der Waals surface area (Å²) >= 11 is 0. The van der Waals surface area contributed by atoms with E-state index in [-0.39, 0.29) is 11.9 Å². The molecule has 0 aromatic heterocycles. The van der Waals surface area contributed by atoms with Crippen LogP contribution in [0.1, 0.15) is 32.1 Å². The lowest BCUT2D eigenvalue weighted by molar-refractivity contribution is -0.127. The first-order chi connectivity index (χ1) is 12.1. The molecule has 0 spiro atoms. The molecule has 0 bridgehead atoms. The average Bonchev–Trinajstić information content (AvgIpc) is 3.04. The molecule has 3 aliphatic rings. The fourth-order valence-electron chi connectivity index (χ4n) is 4.17. The number of carbonyl (C=O) groups is 2. The molecule has 0 unspecified atom stereocenters. The molecule has 0 aliphatic carbocycles. The molecule has 25 heavy (non-hydrogen) atoms. The third-order valence-corrected chi connectivity index (χ3v) is 5.86. The molecule has 3 rings (SSSR count). The number of piperidine rings is 1. The average molecular weight is 351 g/mol. The third-order valence-electron chi connectivity index (χ3n) is 5.86. The Morgan fingerprint density at radius 3 is 2.44 bits per heavy atom. The molecule has 0 atom stereocenters. The van der Waals surface area contributed by atoms with Crippen LogP contribution in [0.3, 0.4) is 0 Å². The molecular formula is C18H33N5O2. The van der Waals surface area contributed by atoms with E-state index in [0.29, 0.717) is 19.0 Å². The van der Waals surface area contributed by atoms with Gasteiger partial charge in [-0.15, -0.1) is 0 Å². The first-order valence-electron chi connectivity index (χ1n) is 9.86. The monoisotopic (exact) mass is 351 g/mol. The van der Waals surface area contributed by atoms with E-state index in [1.807, 2.05) is 9.80 Å². The van der Waals surface area contributed by atoms with Crippen molar-refractivity contribution in [2.24, 2.45) is 0 Å². The van der Waals surface area contributed by atoms with E-state index in [1.165, 1.54) is 25.9 Å². The quantitative estimate of drug-likeness (QED) is 0.730. The first kappa shape index (κ1) is 18.5. The number of hydrogen-bond acceptors (Lipinski definition) is 4. The molecule has 0 aromatic rings. The van der Waals surface area contributed by atoms with Gasteiger partial charge in [0.2, 0.25) is 5.91 Å². The van der Waals surface area contributed by atoms with E-state index in [0.717, 1.165) is 52.1 Å². The number of nitrogens with zero attached hydrogens (tertiary/aromatic N) is 4. The highest BCUT2D eigenvalue weighted by Crippen LogP contribution is 2.17. The van der Waals surface area contributed by atoms with Gasteiger partial charge in [0.25, 0.3) is 0 Å². The van der Waals surface area contributed by atoms with Crippen molar-refractivity contribution in [1.82, 2.24) is 24.9 Å². The zero-order chi connectivity index (χ0) is 17.6. The van der Waals surface area contributed by atoms with Crippen LogP contribution in [-0.4, -0.2) is 104 Å². The smallest absolute Gasteiger partial charge is 0.317 e. The molecule has 7 heteroatoms. The van der Waals surface area contributed by atoms with E-state index >= 15 is 0 Å². The van der Waals surface area contributed by atoms with Crippen molar-refractivity contribution in [2.45, 2.75) is 38.1 Å². The Balaban J connectivity index is 1.29. The summed E-state index contributed by atoms with van der Waals surface area (Å²) in [5, 5.41) is 3.02. The topological polar surface area (TPSA) is 59.1 Å². The van der Waals surface area contributed by atoms with Gasteiger partial charge in [-0.2, -0.15) is 0 Å². The minimum absolute atomic E-state index is 0.0516. The molecule has 3 amide bonds. The molecule has 0 radical (unpaired) electrons. The summed E-state index contributed by atoms with van der Waals surface area (Å²) in [7, 11) is 2.19. The van der Waals surface area contributed by atoms with Crippen LogP contribution in [0, 0.1) is 0 Å². The van der Waals surface area contributed by atoms with Crippen molar-refractivity contribution in [3.8, 4) is 0 Å². The first-order valence-corrected chi connectivity index (χ1v) is 9.86. The lowest BCUT2D eigenvalue weighted by atomic mass is 10.0. The van der Waals surface area contributed by atoms with Crippen LogP contribution in [-0.2, 0) is 4.79 Å². The van der Waals surface area contributed by atoms with Gasteiger partial charge in [-0.1, -0.05) is 0 Å². The number of carbonyl (C=O) groups excluding carboxylic acids is 2. The number of likely N-dealkylation sites (tertiary alicyclic amines) is 2. The Labute approximate surface area is 151 Å². The van der Waals surface area contributed by atoms with Crippen LogP contribution in [0.2, 0.25) is 0 Å². The van der Waals surface area contributed by atoms with Gasteiger partial charge < -0.3 is 20.0 Å². The van der Waals surface area contributed by atoms with Crippen molar-refractivity contribution < 1.29 is 9.59 Å². The van der Waals surface area contributed by atoms with Crippen LogP contribution in [0.25, 0.3) is 0 Å². The fourth-order valence-corrected chi connectivity index (χ4v) is 4.17. The van der Waals surface area contributed by atoms with Crippen molar-refractivity contribution in [3.63, 3.8) is 0 Å². The van der Waals surface area contributed by atoms with E-state index < -0.39 is 0 Å². The van der Waals surface area contributed by atoms with Crippen molar-refractivity contribution >= 4 is 11.9 Å². The molecule has 3 heterocycles. The highest BCUT2D eigenvalue weighted by atomic mass is 16.2. The molecule has 3 saturated heterocycles. The van der Waals surface area contributed by atoms with Gasteiger partial charge in [0.1, 0.15) is 0 Å². The Bertz CT molecular complexity index is 456. The molecule has 142 valence electrons. The normalized spacial score (nSPS) is 24.1. The largest absolute Gasteiger partial charge is 0.343 e. The van der Waals surface area contributed by atoms with E-state index in [4.69, 9.17) is 0 Å². The second-order valence-electron chi connectivity index (χ2n) is 7.63. The molecule has 3 fully saturated rings. The lowest BCUT2D eigenvalue weighted by Crippen LogP contribution is -2.55. The van der Waals surface area contributed by atoms with Gasteiger partial charge in [0, 0.05) is 58.3 Å². The maximum Gasteiger partial charge on any atom is 0.317 e. The highest BCUT2D eigenvalue weighted by molar-refractivity contribution is 5.78. The zero-order valence-electron chi connectivity index (χ0n) is 15.6. The summed E-state index contributed by atoms with van der Waals surface area (Å²) in [4.78, 5) is 32.7. The summed E-state index contributed by atoms with van der Waals surface area (Å²) in [5.74, 6) is 0.261. The number of amides is 3. The molecule has 0 aromatic carbocycles. The molecule has 1 N–H and O–H groups in total. The number of hydrogen-bond donors (Lipinski definition) is 1. The van der Waals surface area contributed by atoms with Gasteiger partial charge in [-0.3, -0.25) is 9.69 Å². The second-order valence-corrected chi connectivity index (χ2v) is 7.63. The zero-order valence-corrected chi connectivity index (χ0v) is 15.6. The second kappa shape index (κ2) is 8.85. The maximum atomic E-state index is 12.3. The summed E-state index contributed by atoms with van der Waals surface area (Å²) in [6, 6.07) is 0.746. The summed E-state index contributed by atoms with van der Waals surface area (Å²) in [6.45, 7) is 8.29. The Kier molecular flexibility index (Phi) is 6.53. The van der Waals surface area contributed by atoms with E-state index in [1.54, 1.807) is 0 Å². The van der Waals surface area contributed by atoms with Crippen LogP contribution in [0.4, 0.5) is 4.79 Å². The van der Waals surface area contributed by atoms with Crippen LogP contribution >= 0.6 is 0 Å². The van der Waals surface area contributed by atoms with Gasteiger partial charge in [-0.25, -0.2) is 4.79 Å². The molecule has 7 nitrogen and oxygen atoms in total. The van der Waals surface area contributed by atoms with Crippen molar-refractivity contribution in [3.05, 3.63) is 0 Å². The van der Waals surface area contributed by atoms with Crippen LogP contribution < -0.4 is 5.32 Å². The Morgan fingerprint density at radius 2 is 1.80 bits per heavy atom. The Hall–Kier alpha value is -1.34. The summed E-state index contributed by atoms with van der Waals surface area (Å²) in [5.41, 5.74) is 0. The molecule has 0 saturated carbocycles. The number of piperazine rings is 1. The Morgan fingerprint density at radius 1 is 1.08 bits per heavy atom. The van der Waals surface area contributed by atoms with E-state index in [2.05, 4.69) is 22.2 Å². The van der Waals surface area contributed by atoms with Gasteiger partial charge in [0.15, 0.2) is 0 Å². The SMILES string of the molecule is CN1CCC(N2CCN(C(=O)NCCCN3CCCC3=O)CC2)CC1. The van der Waals surface area contributed by atoms with Gasteiger partial charge in [-0.05, 0) is 45.8 Å². The van der Waals surface area contributed by atoms with Crippen molar-refractivity contribution in [2.75, 3.05) is 66.0 Å². The maximum absolute atomic E-state index is 12.3. The number of urea groups is 1. The fraction of sp³-hybridized carbons (Fsp3) is 0.889. The van der Waals surface area contributed by atoms with E-state index in [9.17, 15) is 9.59 Å². The van der Waals surface area contributed by atoms with Gasteiger partial charge in [0.05, 0.1) is 0 Å². The van der Waals surface area contributed by atoms with Crippen molar-refractivity contribution in [1.29, 1.82) is 0 Å². The molecular weight excluding hydrogens is 318 g/mol. The number of rotatable bonds is 5. The molecule has 3 aliphatic heterocycles. The summed E-state index contributed by atoms with van der Waals surface area (Å²) in [6.07, 6.45) is 5.00. The predicted molar refractivity (Wildman–Crippen MR) is 97.5 cm³/mol.